The van der Waals surface area contributed by atoms with Crippen molar-refractivity contribution in [1.82, 2.24) is 9.55 Å². The van der Waals surface area contributed by atoms with Crippen LogP contribution in [0.5, 0.6) is 0 Å². The highest BCUT2D eigenvalue weighted by Gasteiger charge is 2.42. The Balaban J connectivity index is 1.68. The number of rotatable bonds is 4. The number of aromatic nitrogens is 2. The highest BCUT2D eigenvalue weighted by Crippen LogP contribution is 2.49. The molecule has 0 aliphatic carbocycles. The van der Waals surface area contributed by atoms with Crippen LogP contribution in [-0.4, -0.2) is 18.0 Å². The van der Waals surface area contributed by atoms with E-state index >= 15 is 4.57 Å². The first-order chi connectivity index (χ1) is 18.5. The molecule has 0 unspecified atom stereocenters. The quantitative estimate of drug-likeness (QED) is 0.282. The maximum Gasteiger partial charge on any atom is 0.211 e. The Morgan fingerprint density at radius 3 is 1.82 bits per heavy atom. The van der Waals surface area contributed by atoms with Crippen molar-refractivity contribution in [2.45, 2.75) is 9.79 Å². The predicted molar refractivity (Wildman–Crippen MR) is 151 cm³/mol. The van der Waals surface area contributed by atoms with Crippen molar-refractivity contribution in [2.24, 2.45) is 0 Å². The molecule has 0 saturated heterocycles. The number of imidazole rings is 1. The predicted octanol–water partition coefficient (Wildman–Crippen LogP) is 5.48. The van der Waals surface area contributed by atoms with Gasteiger partial charge in [-0.05, 0) is 24.3 Å². The standard InChI is InChI=1S/C31H21N2O3PS/c34-37(23-14-6-2-7-15-23,24-16-8-3-9-17-24)27-21-20-25-29-30(27)38(35,36)28-19-11-10-18-26(28)33(29)31(32-25)22-12-4-1-5-13-22/h1-21H. The summed E-state index contributed by atoms with van der Waals surface area (Å²) < 4.78 is 46.1. The smallest absolute Gasteiger partial charge is 0.211 e. The molecule has 7 heteroatoms. The Labute approximate surface area is 220 Å². The molecule has 38 heavy (non-hydrogen) atoms. The maximum atomic E-state index is 15.4. The molecule has 0 saturated carbocycles. The van der Waals surface area contributed by atoms with Gasteiger partial charge in [0.2, 0.25) is 9.84 Å². The van der Waals surface area contributed by atoms with Crippen molar-refractivity contribution in [3.8, 4) is 17.1 Å². The van der Waals surface area contributed by atoms with Crippen LogP contribution in [0.4, 0.5) is 0 Å². The molecule has 0 radical (unpaired) electrons. The summed E-state index contributed by atoms with van der Waals surface area (Å²) in [5.41, 5.74) is 2.38. The molecule has 1 aliphatic heterocycles. The fourth-order valence-electron chi connectivity index (χ4n) is 5.34. The molecule has 2 heterocycles. The maximum absolute atomic E-state index is 15.4. The summed E-state index contributed by atoms with van der Waals surface area (Å²) in [6, 6.07) is 38.4. The zero-order valence-corrected chi connectivity index (χ0v) is 21.8. The fraction of sp³-hybridized carbons (Fsp3) is 0. The Morgan fingerprint density at radius 1 is 0.632 bits per heavy atom. The molecule has 0 spiro atoms. The minimum Gasteiger partial charge on any atom is -0.309 e. The van der Waals surface area contributed by atoms with Crippen molar-refractivity contribution < 1.29 is 13.0 Å². The summed E-state index contributed by atoms with van der Waals surface area (Å²) in [4.78, 5) is 5.12. The first-order valence-corrected chi connectivity index (χ1v) is 15.4. The van der Waals surface area contributed by atoms with Gasteiger partial charge in [-0.25, -0.2) is 13.4 Å². The van der Waals surface area contributed by atoms with Gasteiger partial charge in [0.15, 0.2) is 7.14 Å². The zero-order valence-electron chi connectivity index (χ0n) is 20.1. The van der Waals surface area contributed by atoms with E-state index in [1.54, 1.807) is 54.6 Å². The average molecular weight is 533 g/mol. The van der Waals surface area contributed by atoms with E-state index in [4.69, 9.17) is 4.98 Å². The first kappa shape index (κ1) is 22.9. The number of sulfone groups is 1. The molecule has 1 aromatic heterocycles. The number of para-hydroxylation sites is 1. The third-order valence-corrected chi connectivity index (χ3v) is 12.2. The van der Waals surface area contributed by atoms with Gasteiger partial charge in [-0.3, -0.25) is 4.57 Å². The van der Waals surface area contributed by atoms with E-state index in [9.17, 15) is 8.42 Å². The molecule has 0 bridgehead atoms. The number of hydrogen-bond acceptors (Lipinski definition) is 4. The van der Waals surface area contributed by atoms with Crippen LogP contribution in [0.1, 0.15) is 0 Å². The molecule has 7 rings (SSSR count). The van der Waals surface area contributed by atoms with E-state index in [0.29, 0.717) is 33.2 Å². The van der Waals surface area contributed by atoms with E-state index in [1.807, 2.05) is 77.4 Å². The van der Waals surface area contributed by atoms with Crippen LogP contribution in [0, 0.1) is 0 Å². The third kappa shape index (κ3) is 3.14. The Morgan fingerprint density at radius 2 is 1.18 bits per heavy atom. The van der Waals surface area contributed by atoms with Crippen LogP contribution in [0.15, 0.2) is 137 Å². The Hall–Kier alpha value is -4.25. The van der Waals surface area contributed by atoms with Crippen molar-refractivity contribution in [3.63, 3.8) is 0 Å². The lowest BCUT2D eigenvalue weighted by Crippen LogP contribution is -2.30. The highest BCUT2D eigenvalue weighted by atomic mass is 32.2. The minimum atomic E-state index is -4.04. The topological polar surface area (TPSA) is 69.0 Å². The van der Waals surface area contributed by atoms with Crippen LogP contribution < -0.4 is 15.9 Å². The SMILES string of the molecule is O=P(c1ccccc1)(c1ccccc1)c1ccc2nc(-c3ccccc3)n3c2c1S(=O)(=O)c1ccccc1-3. The lowest BCUT2D eigenvalue weighted by molar-refractivity contribution is 0.588. The highest BCUT2D eigenvalue weighted by molar-refractivity contribution is 7.94. The average Bonchev–Trinajstić information content (AvgIpc) is 3.37. The van der Waals surface area contributed by atoms with Gasteiger partial charge >= 0.3 is 0 Å². The molecule has 0 amide bonds. The van der Waals surface area contributed by atoms with Crippen LogP contribution in [0.3, 0.4) is 0 Å². The fourth-order valence-corrected chi connectivity index (χ4v) is 10.5. The molecule has 1 aliphatic rings. The van der Waals surface area contributed by atoms with Gasteiger partial charge in [-0.1, -0.05) is 103 Å². The van der Waals surface area contributed by atoms with E-state index in [2.05, 4.69) is 0 Å². The van der Waals surface area contributed by atoms with Crippen LogP contribution in [0.2, 0.25) is 0 Å². The molecule has 184 valence electrons. The lowest BCUT2D eigenvalue weighted by atomic mass is 10.2. The second-order valence-electron chi connectivity index (χ2n) is 9.17. The van der Waals surface area contributed by atoms with Crippen molar-refractivity contribution in [1.29, 1.82) is 0 Å². The Bertz CT molecular complexity index is 1960. The van der Waals surface area contributed by atoms with Gasteiger partial charge < -0.3 is 4.57 Å². The van der Waals surface area contributed by atoms with Crippen molar-refractivity contribution >= 4 is 43.9 Å². The summed E-state index contributed by atoms with van der Waals surface area (Å²) in [5, 5.41) is 1.44. The van der Waals surface area contributed by atoms with Crippen LogP contribution in [0.25, 0.3) is 28.1 Å². The molecule has 6 aromatic rings. The van der Waals surface area contributed by atoms with E-state index in [-0.39, 0.29) is 15.1 Å². The van der Waals surface area contributed by atoms with Crippen LogP contribution >= 0.6 is 7.14 Å². The second-order valence-corrected chi connectivity index (χ2v) is 13.8. The minimum absolute atomic E-state index is 0.0550. The molecular formula is C31H21N2O3PS. The monoisotopic (exact) mass is 532 g/mol. The molecule has 0 atom stereocenters. The number of nitrogens with zero attached hydrogens (tertiary/aromatic N) is 2. The van der Waals surface area contributed by atoms with Crippen LogP contribution in [-0.2, 0) is 14.4 Å². The number of fused-ring (bicyclic) bond motifs is 2. The first-order valence-electron chi connectivity index (χ1n) is 12.2. The largest absolute Gasteiger partial charge is 0.309 e. The molecule has 0 fully saturated rings. The van der Waals surface area contributed by atoms with Gasteiger partial charge in [0.05, 0.1) is 21.6 Å². The summed E-state index contributed by atoms with van der Waals surface area (Å²) in [5.74, 6) is 0.635. The van der Waals surface area contributed by atoms with Gasteiger partial charge in [0.1, 0.15) is 10.7 Å². The molecule has 5 aromatic carbocycles. The Kier molecular flexibility index (Phi) is 5.05. The molecular weight excluding hydrogens is 511 g/mol. The van der Waals surface area contributed by atoms with E-state index < -0.39 is 17.0 Å². The third-order valence-electron chi connectivity index (χ3n) is 7.03. The second kappa shape index (κ2) is 8.38. The molecule has 5 nitrogen and oxygen atoms in total. The summed E-state index contributed by atoms with van der Waals surface area (Å²) >= 11 is 0. The van der Waals surface area contributed by atoms with E-state index in [1.165, 1.54) is 0 Å². The van der Waals surface area contributed by atoms with Crippen molar-refractivity contribution in [3.05, 3.63) is 127 Å². The van der Waals surface area contributed by atoms with Gasteiger partial charge in [0, 0.05) is 21.5 Å². The summed E-state index contributed by atoms with van der Waals surface area (Å²) in [6.45, 7) is 0. The zero-order chi connectivity index (χ0) is 25.9. The summed E-state index contributed by atoms with van der Waals surface area (Å²) in [6.07, 6.45) is 0. The van der Waals surface area contributed by atoms with E-state index in [0.717, 1.165) is 5.56 Å². The normalized spacial score (nSPS) is 13.8. The number of hydrogen-bond donors (Lipinski definition) is 0. The van der Waals surface area contributed by atoms with Gasteiger partial charge in [-0.2, -0.15) is 0 Å². The number of benzene rings is 5. The molecule has 0 N–H and O–H groups in total. The van der Waals surface area contributed by atoms with Crippen molar-refractivity contribution in [2.75, 3.05) is 0 Å². The summed E-state index contributed by atoms with van der Waals surface area (Å²) in [7, 11) is -7.64. The van der Waals surface area contributed by atoms with Gasteiger partial charge in [-0.15, -0.1) is 0 Å². The lowest BCUT2D eigenvalue weighted by Gasteiger charge is -2.26. The van der Waals surface area contributed by atoms with Gasteiger partial charge in [0.25, 0.3) is 0 Å².